The third kappa shape index (κ3) is 4.63. The molecule has 0 spiro atoms. The van der Waals surface area contributed by atoms with Gasteiger partial charge in [-0.05, 0) is 49.9 Å². The summed E-state index contributed by atoms with van der Waals surface area (Å²) in [6.45, 7) is 5.03. The molecule has 2 N–H and O–H groups in total. The quantitative estimate of drug-likeness (QED) is 0.792. The Morgan fingerprint density at radius 1 is 1.22 bits per heavy atom. The highest BCUT2D eigenvalue weighted by atomic mass is 16.3. The van der Waals surface area contributed by atoms with E-state index in [0.29, 0.717) is 45.3 Å². The minimum atomic E-state index is -0.911. The lowest BCUT2D eigenvalue weighted by molar-refractivity contribution is -0.136. The molecule has 1 aromatic carbocycles. The van der Waals surface area contributed by atoms with Crippen molar-refractivity contribution in [1.29, 1.82) is 0 Å². The zero-order chi connectivity index (χ0) is 19.4. The van der Waals surface area contributed by atoms with Crippen molar-refractivity contribution >= 4 is 22.7 Å². The second-order valence-corrected chi connectivity index (χ2v) is 7.36. The first kappa shape index (κ1) is 19.3. The van der Waals surface area contributed by atoms with Crippen molar-refractivity contribution in [2.75, 3.05) is 19.6 Å². The van der Waals surface area contributed by atoms with Gasteiger partial charge in [0.25, 0.3) is 0 Å². The van der Waals surface area contributed by atoms with Gasteiger partial charge in [0.15, 0.2) is 0 Å². The number of benzene rings is 1. The summed E-state index contributed by atoms with van der Waals surface area (Å²) < 4.78 is 0. The molecule has 0 aliphatic carbocycles. The van der Waals surface area contributed by atoms with E-state index in [-0.39, 0.29) is 11.8 Å². The Morgan fingerprint density at radius 2 is 1.96 bits per heavy atom. The molecule has 1 aliphatic heterocycles. The van der Waals surface area contributed by atoms with Crippen LogP contribution in [0.15, 0.2) is 30.3 Å². The number of amides is 2. The lowest BCUT2D eigenvalue weighted by atomic mass is 9.84. The molecule has 1 fully saturated rings. The molecule has 27 heavy (non-hydrogen) atoms. The zero-order valence-electron chi connectivity index (χ0n) is 16.0. The van der Waals surface area contributed by atoms with Gasteiger partial charge in [0, 0.05) is 44.1 Å². The number of hydrogen-bond acceptors (Lipinski definition) is 4. The molecule has 2 aromatic rings. The van der Waals surface area contributed by atoms with Gasteiger partial charge >= 0.3 is 0 Å². The van der Waals surface area contributed by atoms with Crippen molar-refractivity contribution < 1.29 is 14.7 Å². The van der Waals surface area contributed by atoms with Crippen molar-refractivity contribution in [2.24, 2.45) is 0 Å². The van der Waals surface area contributed by atoms with Crippen molar-refractivity contribution in [3.05, 3.63) is 41.6 Å². The lowest BCUT2D eigenvalue weighted by Crippen LogP contribution is -2.45. The number of hydrogen-bond donors (Lipinski definition) is 2. The molecule has 3 rings (SSSR count). The molecule has 0 atom stereocenters. The van der Waals surface area contributed by atoms with Gasteiger partial charge in [-0.25, -0.2) is 0 Å². The molecular weight excluding hydrogens is 342 g/mol. The molecule has 2 heterocycles. The summed E-state index contributed by atoms with van der Waals surface area (Å²) in [4.78, 5) is 29.5. The van der Waals surface area contributed by atoms with Crippen LogP contribution in [0.2, 0.25) is 0 Å². The minimum Gasteiger partial charge on any atom is -0.385 e. The maximum atomic E-state index is 12.3. The predicted octanol–water partition coefficient (Wildman–Crippen LogP) is 2.27. The van der Waals surface area contributed by atoms with Crippen LogP contribution in [0.1, 0.15) is 43.9 Å². The standard InChI is InChI=1S/C21H27N3O3/c1-15-5-6-17-14-18(7-8-19(17)23-15)21(27)9-12-24(13-10-21)20(26)4-3-11-22-16(2)25/h5-8,14,27H,3-4,9-13H2,1-2H3,(H,22,25). The average molecular weight is 369 g/mol. The van der Waals surface area contributed by atoms with E-state index in [1.54, 1.807) is 0 Å². The number of piperidine rings is 1. The third-order valence-corrected chi connectivity index (χ3v) is 5.25. The lowest BCUT2D eigenvalue weighted by Gasteiger charge is -2.38. The first-order valence-corrected chi connectivity index (χ1v) is 9.50. The van der Waals surface area contributed by atoms with Crippen LogP contribution in [-0.2, 0) is 15.2 Å². The van der Waals surface area contributed by atoms with Gasteiger partial charge in [0.2, 0.25) is 11.8 Å². The van der Waals surface area contributed by atoms with Crippen LogP contribution in [-0.4, -0.2) is 46.4 Å². The van der Waals surface area contributed by atoms with Crippen LogP contribution < -0.4 is 5.32 Å². The molecule has 2 amide bonds. The van der Waals surface area contributed by atoms with Gasteiger partial charge < -0.3 is 15.3 Å². The van der Waals surface area contributed by atoms with Gasteiger partial charge in [-0.2, -0.15) is 0 Å². The van der Waals surface area contributed by atoms with E-state index < -0.39 is 5.60 Å². The van der Waals surface area contributed by atoms with Crippen LogP contribution in [0.25, 0.3) is 10.9 Å². The number of aliphatic hydroxyl groups is 1. The monoisotopic (exact) mass is 369 g/mol. The fraction of sp³-hybridized carbons (Fsp3) is 0.476. The van der Waals surface area contributed by atoms with Gasteiger partial charge in [0.05, 0.1) is 11.1 Å². The summed E-state index contributed by atoms with van der Waals surface area (Å²) in [7, 11) is 0. The average Bonchev–Trinajstić information content (AvgIpc) is 2.65. The Hall–Kier alpha value is -2.47. The number of fused-ring (bicyclic) bond motifs is 1. The number of carbonyl (C=O) groups excluding carboxylic acids is 2. The molecule has 6 nitrogen and oxygen atoms in total. The van der Waals surface area contributed by atoms with E-state index in [1.165, 1.54) is 6.92 Å². The summed E-state index contributed by atoms with van der Waals surface area (Å²) >= 11 is 0. The van der Waals surface area contributed by atoms with Crippen molar-refractivity contribution in [3.8, 4) is 0 Å². The Kier molecular flexibility index (Phi) is 5.75. The van der Waals surface area contributed by atoms with Gasteiger partial charge in [-0.1, -0.05) is 12.1 Å². The molecule has 1 saturated heterocycles. The molecule has 6 heteroatoms. The number of likely N-dealkylation sites (tertiary alicyclic amines) is 1. The molecule has 0 saturated carbocycles. The van der Waals surface area contributed by atoms with E-state index >= 15 is 0 Å². The fourth-order valence-electron chi connectivity index (χ4n) is 3.59. The summed E-state index contributed by atoms with van der Waals surface area (Å²) in [6, 6.07) is 9.90. The first-order chi connectivity index (χ1) is 12.9. The number of pyridine rings is 1. The molecule has 144 valence electrons. The highest BCUT2D eigenvalue weighted by molar-refractivity contribution is 5.80. The van der Waals surface area contributed by atoms with E-state index in [0.717, 1.165) is 22.2 Å². The molecule has 0 unspecified atom stereocenters. The van der Waals surface area contributed by atoms with Crippen molar-refractivity contribution in [2.45, 2.75) is 45.1 Å². The minimum absolute atomic E-state index is 0.0776. The number of aryl methyl sites for hydroxylation is 1. The summed E-state index contributed by atoms with van der Waals surface area (Å²) in [5.74, 6) is 0.00631. The molecular formula is C21H27N3O3. The second kappa shape index (κ2) is 8.05. The van der Waals surface area contributed by atoms with Crippen molar-refractivity contribution in [3.63, 3.8) is 0 Å². The second-order valence-electron chi connectivity index (χ2n) is 7.36. The van der Waals surface area contributed by atoms with Crippen LogP contribution in [0.5, 0.6) is 0 Å². The smallest absolute Gasteiger partial charge is 0.222 e. The topological polar surface area (TPSA) is 82.5 Å². The van der Waals surface area contributed by atoms with Crippen molar-refractivity contribution in [1.82, 2.24) is 15.2 Å². The maximum absolute atomic E-state index is 12.3. The normalized spacial score (nSPS) is 16.3. The van der Waals surface area contributed by atoms with E-state index in [1.807, 2.05) is 42.2 Å². The highest BCUT2D eigenvalue weighted by Crippen LogP contribution is 2.34. The van der Waals surface area contributed by atoms with E-state index in [2.05, 4.69) is 10.3 Å². The highest BCUT2D eigenvalue weighted by Gasteiger charge is 2.35. The van der Waals surface area contributed by atoms with Crippen LogP contribution in [0.3, 0.4) is 0 Å². The number of carbonyl (C=O) groups is 2. The number of rotatable bonds is 5. The number of nitrogens with zero attached hydrogens (tertiary/aromatic N) is 2. The van der Waals surface area contributed by atoms with Gasteiger partial charge in [0.1, 0.15) is 0 Å². The van der Waals surface area contributed by atoms with Crippen LogP contribution >= 0.6 is 0 Å². The zero-order valence-corrected chi connectivity index (χ0v) is 16.0. The Morgan fingerprint density at radius 3 is 2.67 bits per heavy atom. The molecule has 0 bridgehead atoms. The summed E-state index contributed by atoms with van der Waals surface area (Å²) in [6.07, 6.45) is 2.10. The summed E-state index contributed by atoms with van der Waals surface area (Å²) in [5.41, 5.74) is 1.87. The first-order valence-electron chi connectivity index (χ1n) is 9.50. The maximum Gasteiger partial charge on any atom is 0.222 e. The Labute approximate surface area is 159 Å². The van der Waals surface area contributed by atoms with Crippen LogP contribution in [0, 0.1) is 6.92 Å². The predicted molar refractivity (Wildman–Crippen MR) is 104 cm³/mol. The SMILES string of the molecule is CC(=O)NCCCC(=O)N1CCC(O)(c2ccc3nc(C)ccc3c2)CC1. The largest absolute Gasteiger partial charge is 0.385 e. The Balaban J connectivity index is 1.59. The van der Waals surface area contributed by atoms with Crippen LogP contribution in [0.4, 0.5) is 0 Å². The fourth-order valence-corrected chi connectivity index (χ4v) is 3.59. The molecule has 1 aromatic heterocycles. The molecule has 0 radical (unpaired) electrons. The van der Waals surface area contributed by atoms with Gasteiger partial charge in [-0.15, -0.1) is 0 Å². The number of nitrogens with one attached hydrogen (secondary N) is 1. The number of aromatic nitrogens is 1. The van der Waals surface area contributed by atoms with E-state index in [4.69, 9.17) is 0 Å². The van der Waals surface area contributed by atoms with Gasteiger partial charge in [-0.3, -0.25) is 14.6 Å². The van der Waals surface area contributed by atoms with E-state index in [9.17, 15) is 14.7 Å². The summed E-state index contributed by atoms with van der Waals surface area (Å²) in [5, 5.41) is 14.8. The molecule has 1 aliphatic rings. The Bertz CT molecular complexity index is 842. The third-order valence-electron chi connectivity index (χ3n) is 5.25.